The van der Waals surface area contributed by atoms with Crippen molar-refractivity contribution in [3.63, 3.8) is 0 Å². The maximum Gasteiger partial charge on any atom is 0.329 e. The first-order chi connectivity index (χ1) is 9.38. The van der Waals surface area contributed by atoms with Gasteiger partial charge in [0.15, 0.2) is 11.6 Å². The van der Waals surface area contributed by atoms with Crippen LogP contribution in [0.25, 0.3) is 0 Å². The third-order valence-electron chi connectivity index (χ3n) is 3.62. The highest BCUT2D eigenvalue weighted by atomic mass is 19.1. The number of carboxylic acid groups (broad SMARTS) is 1. The minimum atomic E-state index is -1.29. The number of rotatable bonds is 5. The molecule has 0 unspecified atom stereocenters. The number of amides is 1. The molecule has 5 nitrogen and oxygen atoms in total. The fraction of sp³-hybridized carbons (Fsp3) is 0.429. The normalized spacial score (nSPS) is 17.1. The fourth-order valence-corrected chi connectivity index (χ4v) is 2.10. The topological polar surface area (TPSA) is 75.6 Å². The molecule has 2 rings (SSSR count). The minimum absolute atomic E-state index is 0.0545. The Kier molecular flexibility index (Phi) is 3.65. The van der Waals surface area contributed by atoms with Gasteiger partial charge in [-0.15, -0.1) is 0 Å². The summed E-state index contributed by atoms with van der Waals surface area (Å²) in [6.07, 6.45) is 1.55. The van der Waals surface area contributed by atoms with Crippen molar-refractivity contribution in [3.05, 3.63) is 29.6 Å². The van der Waals surface area contributed by atoms with Gasteiger partial charge in [-0.3, -0.25) is 4.79 Å². The number of carboxylic acids is 1. The third kappa shape index (κ3) is 2.59. The largest absolute Gasteiger partial charge is 0.494 e. The highest BCUT2D eigenvalue weighted by Crippen LogP contribution is 2.39. The average molecular weight is 281 g/mol. The summed E-state index contributed by atoms with van der Waals surface area (Å²) in [6, 6.07) is 3.66. The lowest BCUT2D eigenvalue weighted by molar-refractivity contribution is -0.144. The van der Waals surface area contributed by atoms with E-state index >= 15 is 0 Å². The minimum Gasteiger partial charge on any atom is -0.494 e. The van der Waals surface area contributed by atoms with E-state index in [0.29, 0.717) is 0 Å². The van der Waals surface area contributed by atoms with Crippen LogP contribution in [0.15, 0.2) is 18.2 Å². The number of benzene rings is 1. The number of carbonyl (C=O) groups is 2. The predicted octanol–water partition coefficient (Wildman–Crippen LogP) is 1.82. The molecule has 6 heteroatoms. The van der Waals surface area contributed by atoms with Crippen LogP contribution in [0, 0.1) is 11.7 Å². The molecule has 1 aromatic rings. The van der Waals surface area contributed by atoms with Gasteiger partial charge in [0.25, 0.3) is 5.91 Å². The molecule has 2 N–H and O–H groups in total. The maximum atomic E-state index is 13.3. The zero-order valence-corrected chi connectivity index (χ0v) is 11.3. The third-order valence-corrected chi connectivity index (χ3v) is 3.62. The number of nitrogens with one attached hydrogen (secondary N) is 1. The number of hydrogen-bond acceptors (Lipinski definition) is 3. The van der Waals surface area contributed by atoms with E-state index in [1.165, 1.54) is 26.2 Å². The van der Waals surface area contributed by atoms with Crippen LogP contribution in [0.2, 0.25) is 0 Å². The molecule has 1 aliphatic rings. The Morgan fingerprint density at radius 2 is 2.10 bits per heavy atom. The van der Waals surface area contributed by atoms with Crippen LogP contribution in [-0.2, 0) is 4.79 Å². The SMILES string of the molecule is COc1cc(C(=O)N[C@](C)(C(=O)O)C2CC2)ccc1F. The second kappa shape index (κ2) is 5.11. The van der Waals surface area contributed by atoms with Crippen molar-refractivity contribution in [1.82, 2.24) is 5.32 Å². The van der Waals surface area contributed by atoms with Gasteiger partial charge < -0.3 is 15.2 Å². The lowest BCUT2D eigenvalue weighted by Crippen LogP contribution is -2.54. The Morgan fingerprint density at radius 3 is 2.60 bits per heavy atom. The summed E-state index contributed by atoms with van der Waals surface area (Å²) in [5, 5.41) is 11.8. The van der Waals surface area contributed by atoms with E-state index in [9.17, 15) is 19.1 Å². The fourth-order valence-electron chi connectivity index (χ4n) is 2.10. The Labute approximate surface area is 115 Å². The van der Waals surface area contributed by atoms with E-state index in [2.05, 4.69) is 5.32 Å². The van der Waals surface area contributed by atoms with Crippen molar-refractivity contribution in [1.29, 1.82) is 0 Å². The standard InChI is InChI=1S/C14H16FNO4/c1-14(13(18)19,9-4-5-9)16-12(17)8-3-6-10(15)11(7-8)20-2/h3,6-7,9H,4-5H2,1-2H3,(H,16,17)(H,18,19)/t14-/m0/s1. The number of carbonyl (C=O) groups excluding carboxylic acids is 1. The molecule has 1 saturated carbocycles. The molecule has 0 spiro atoms. The summed E-state index contributed by atoms with van der Waals surface area (Å²) >= 11 is 0. The zero-order valence-electron chi connectivity index (χ0n) is 11.3. The number of aliphatic carboxylic acids is 1. The van der Waals surface area contributed by atoms with Crippen molar-refractivity contribution in [2.45, 2.75) is 25.3 Å². The first kappa shape index (κ1) is 14.3. The van der Waals surface area contributed by atoms with Gasteiger partial charge in [-0.25, -0.2) is 9.18 Å². The van der Waals surface area contributed by atoms with Gasteiger partial charge in [0.05, 0.1) is 7.11 Å². The summed E-state index contributed by atoms with van der Waals surface area (Å²) < 4.78 is 18.1. The first-order valence-electron chi connectivity index (χ1n) is 6.28. The molecular weight excluding hydrogens is 265 g/mol. The van der Waals surface area contributed by atoms with Crippen LogP contribution in [0.3, 0.4) is 0 Å². The van der Waals surface area contributed by atoms with Crippen molar-refractivity contribution >= 4 is 11.9 Å². The molecule has 1 aliphatic carbocycles. The first-order valence-corrected chi connectivity index (χ1v) is 6.28. The summed E-state index contributed by atoms with van der Waals surface area (Å²) in [4.78, 5) is 23.5. The quantitative estimate of drug-likeness (QED) is 0.863. The van der Waals surface area contributed by atoms with Gasteiger partial charge in [-0.05, 0) is 43.9 Å². The van der Waals surface area contributed by atoms with E-state index in [-0.39, 0.29) is 17.2 Å². The van der Waals surface area contributed by atoms with Crippen LogP contribution in [0.4, 0.5) is 4.39 Å². The van der Waals surface area contributed by atoms with Crippen LogP contribution in [-0.4, -0.2) is 29.6 Å². The molecule has 20 heavy (non-hydrogen) atoms. The molecule has 0 bridgehead atoms. The predicted molar refractivity (Wildman–Crippen MR) is 69.2 cm³/mol. The van der Waals surface area contributed by atoms with Gasteiger partial charge in [-0.2, -0.15) is 0 Å². The van der Waals surface area contributed by atoms with E-state index < -0.39 is 23.2 Å². The lowest BCUT2D eigenvalue weighted by atomic mass is 9.95. The second-order valence-corrected chi connectivity index (χ2v) is 5.09. The number of methoxy groups -OCH3 is 1. The summed E-state index contributed by atoms with van der Waals surface area (Å²) in [7, 11) is 1.30. The summed E-state index contributed by atoms with van der Waals surface area (Å²) in [5.41, 5.74) is -1.13. The highest BCUT2D eigenvalue weighted by Gasteiger charge is 2.48. The molecule has 108 valence electrons. The van der Waals surface area contributed by atoms with Crippen LogP contribution >= 0.6 is 0 Å². The monoisotopic (exact) mass is 281 g/mol. The smallest absolute Gasteiger partial charge is 0.329 e. The van der Waals surface area contributed by atoms with Crippen LogP contribution < -0.4 is 10.1 Å². The highest BCUT2D eigenvalue weighted by molar-refractivity contribution is 5.98. The van der Waals surface area contributed by atoms with Crippen molar-refractivity contribution < 1.29 is 23.8 Å². The molecule has 0 aliphatic heterocycles. The van der Waals surface area contributed by atoms with E-state index in [0.717, 1.165) is 18.9 Å². The molecule has 0 aromatic heterocycles. The molecule has 0 radical (unpaired) electrons. The Balaban J connectivity index is 2.21. The maximum absolute atomic E-state index is 13.3. The molecule has 1 fully saturated rings. The zero-order chi connectivity index (χ0) is 14.9. The summed E-state index contributed by atoms with van der Waals surface area (Å²) in [6.45, 7) is 1.49. The van der Waals surface area contributed by atoms with Gasteiger partial charge in [-0.1, -0.05) is 0 Å². The van der Waals surface area contributed by atoms with Crippen molar-refractivity contribution in [3.8, 4) is 5.75 Å². The molecule has 1 atom stereocenters. The van der Waals surface area contributed by atoms with Crippen LogP contribution in [0.5, 0.6) is 5.75 Å². The lowest BCUT2D eigenvalue weighted by Gasteiger charge is -2.26. The molecule has 1 amide bonds. The number of hydrogen-bond donors (Lipinski definition) is 2. The van der Waals surface area contributed by atoms with Crippen molar-refractivity contribution in [2.24, 2.45) is 5.92 Å². The molecule has 0 saturated heterocycles. The Morgan fingerprint density at radius 1 is 1.45 bits per heavy atom. The summed E-state index contributed by atoms with van der Waals surface area (Å²) in [5.74, 6) is -2.32. The van der Waals surface area contributed by atoms with Gasteiger partial charge in [0, 0.05) is 5.56 Å². The number of ether oxygens (including phenoxy) is 1. The van der Waals surface area contributed by atoms with Crippen LogP contribution in [0.1, 0.15) is 30.1 Å². The van der Waals surface area contributed by atoms with E-state index in [1.807, 2.05) is 0 Å². The van der Waals surface area contributed by atoms with Gasteiger partial charge >= 0.3 is 5.97 Å². The van der Waals surface area contributed by atoms with Gasteiger partial charge in [0.1, 0.15) is 5.54 Å². The Hall–Kier alpha value is -2.11. The molecule has 0 heterocycles. The number of halogens is 1. The Bertz CT molecular complexity index is 556. The molecule has 1 aromatic carbocycles. The molecular formula is C14H16FNO4. The van der Waals surface area contributed by atoms with E-state index in [4.69, 9.17) is 4.74 Å². The van der Waals surface area contributed by atoms with Crippen molar-refractivity contribution in [2.75, 3.05) is 7.11 Å². The van der Waals surface area contributed by atoms with Gasteiger partial charge in [0.2, 0.25) is 0 Å². The average Bonchev–Trinajstić information content (AvgIpc) is 3.23. The second-order valence-electron chi connectivity index (χ2n) is 5.09. The van der Waals surface area contributed by atoms with E-state index in [1.54, 1.807) is 0 Å².